The molecule has 0 aromatic carbocycles. The van der Waals surface area contributed by atoms with E-state index in [0.717, 1.165) is 32.1 Å². The van der Waals surface area contributed by atoms with Gasteiger partial charge in [0.25, 0.3) is 0 Å². The zero-order valence-electron chi connectivity index (χ0n) is 11.7. The minimum atomic E-state index is -0.293. The number of aliphatic imine (C=N–C) groups is 1. The van der Waals surface area contributed by atoms with Gasteiger partial charge in [0.05, 0.1) is 6.54 Å². The zero-order chi connectivity index (χ0) is 14.2. The molecule has 2 N–H and O–H groups in total. The predicted octanol–water partition coefficient (Wildman–Crippen LogP) is 3.12. The van der Waals surface area contributed by atoms with Crippen molar-refractivity contribution < 1.29 is 14.8 Å². The summed E-state index contributed by atoms with van der Waals surface area (Å²) in [6, 6.07) is 0. The molecule has 0 heterocycles. The van der Waals surface area contributed by atoms with Crippen LogP contribution in [0.5, 0.6) is 0 Å². The maximum absolute atomic E-state index is 10.7. The quantitative estimate of drug-likeness (QED) is 0.177. The van der Waals surface area contributed by atoms with Crippen LogP contribution < -0.4 is 5.48 Å². The van der Waals surface area contributed by atoms with Crippen LogP contribution in [0.4, 0.5) is 0 Å². The van der Waals surface area contributed by atoms with Crippen LogP contribution in [0.25, 0.3) is 0 Å². The van der Waals surface area contributed by atoms with Crippen molar-refractivity contribution in [3.05, 3.63) is 0 Å². The monoisotopic (exact) mass is 270 g/mol. The molecule has 19 heavy (non-hydrogen) atoms. The molecular formula is C14H26N2O3. The molecule has 0 aliphatic carbocycles. The van der Waals surface area contributed by atoms with Gasteiger partial charge in [0.2, 0.25) is 12.0 Å². The summed E-state index contributed by atoms with van der Waals surface area (Å²) in [4.78, 5) is 24.1. The van der Waals surface area contributed by atoms with Crippen molar-refractivity contribution in [3.63, 3.8) is 0 Å². The molecule has 0 aromatic heterocycles. The second-order valence-electron chi connectivity index (χ2n) is 4.79. The van der Waals surface area contributed by atoms with Crippen LogP contribution in [0.3, 0.4) is 0 Å². The van der Waals surface area contributed by atoms with Crippen molar-refractivity contribution in [1.82, 2.24) is 5.48 Å². The topological polar surface area (TPSA) is 78.8 Å². The van der Waals surface area contributed by atoms with Crippen LogP contribution in [0.2, 0.25) is 0 Å². The summed E-state index contributed by atoms with van der Waals surface area (Å²) >= 11 is 0. The highest BCUT2D eigenvalue weighted by atomic mass is 16.5. The van der Waals surface area contributed by atoms with Crippen molar-refractivity contribution in [2.24, 2.45) is 4.99 Å². The van der Waals surface area contributed by atoms with Crippen LogP contribution in [0.15, 0.2) is 4.99 Å². The van der Waals surface area contributed by atoms with Gasteiger partial charge in [-0.05, 0) is 12.8 Å². The van der Waals surface area contributed by atoms with Crippen LogP contribution in [-0.2, 0) is 9.59 Å². The van der Waals surface area contributed by atoms with Gasteiger partial charge in [-0.2, -0.15) is 0 Å². The number of isocyanates is 1. The Bertz CT molecular complexity index is 263. The number of hydrogen-bond donors (Lipinski definition) is 2. The number of nitrogens with zero attached hydrogens (tertiary/aromatic N) is 1. The molecule has 0 fully saturated rings. The zero-order valence-corrected chi connectivity index (χ0v) is 11.7. The number of carbonyl (C=O) groups is 1. The highest BCUT2D eigenvalue weighted by molar-refractivity contribution is 5.74. The number of carbonyl (C=O) groups excluding carboxylic acids is 2. The fraction of sp³-hybridized carbons (Fsp3) is 0.857. The molecule has 0 saturated heterocycles. The van der Waals surface area contributed by atoms with E-state index in [1.165, 1.54) is 32.1 Å². The van der Waals surface area contributed by atoms with Gasteiger partial charge in [0, 0.05) is 6.42 Å². The molecule has 5 nitrogen and oxygen atoms in total. The molecule has 0 bridgehead atoms. The molecular weight excluding hydrogens is 244 g/mol. The van der Waals surface area contributed by atoms with Crippen LogP contribution in [-0.4, -0.2) is 23.7 Å². The third-order valence-corrected chi connectivity index (χ3v) is 3.11. The first-order chi connectivity index (χ1) is 9.31. The number of nitrogens with one attached hydrogen (secondary N) is 1. The number of unbranched alkanes of at least 4 members (excludes halogenated alkanes) is 9. The standard InChI is InChI=1S/C14H26N2O3/c17-13-15-12-10-8-6-4-2-1-3-5-7-9-11-14(18)16-19/h19H,1-12H2,(H,16,18). The molecule has 1 amide bonds. The summed E-state index contributed by atoms with van der Waals surface area (Å²) < 4.78 is 0. The van der Waals surface area contributed by atoms with Crippen LogP contribution in [0.1, 0.15) is 70.6 Å². The van der Waals surface area contributed by atoms with E-state index in [2.05, 4.69) is 4.99 Å². The van der Waals surface area contributed by atoms with Gasteiger partial charge in [-0.3, -0.25) is 10.0 Å². The molecule has 0 aromatic rings. The maximum atomic E-state index is 10.7. The highest BCUT2D eigenvalue weighted by Gasteiger charge is 1.98. The lowest BCUT2D eigenvalue weighted by atomic mass is 10.1. The van der Waals surface area contributed by atoms with Crippen molar-refractivity contribution in [3.8, 4) is 0 Å². The largest absolute Gasteiger partial charge is 0.289 e. The van der Waals surface area contributed by atoms with E-state index >= 15 is 0 Å². The Morgan fingerprint density at radius 2 is 1.37 bits per heavy atom. The molecule has 0 saturated carbocycles. The van der Waals surface area contributed by atoms with Gasteiger partial charge >= 0.3 is 0 Å². The van der Waals surface area contributed by atoms with Gasteiger partial charge in [0.15, 0.2) is 0 Å². The Morgan fingerprint density at radius 3 is 1.84 bits per heavy atom. The molecule has 0 unspecified atom stereocenters. The summed E-state index contributed by atoms with van der Waals surface area (Å²) in [7, 11) is 0. The van der Waals surface area contributed by atoms with Crippen LogP contribution >= 0.6 is 0 Å². The summed E-state index contributed by atoms with van der Waals surface area (Å²) in [5, 5.41) is 8.30. The Balaban J connectivity index is 3.02. The lowest BCUT2D eigenvalue weighted by Gasteiger charge is -2.02. The van der Waals surface area contributed by atoms with Crippen LogP contribution in [0, 0.1) is 0 Å². The van der Waals surface area contributed by atoms with Gasteiger partial charge < -0.3 is 0 Å². The van der Waals surface area contributed by atoms with Gasteiger partial charge in [-0.15, -0.1) is 0 Å². The van der Waals surface area contributed by atoms with Crippen molar-refractivity contribution in [2.45, 2.75) is 70.6 Å². The first-order valence-corrected chi connectivity index (χ1v) is 7.28. The van der Waals surface area contributed by atoms with Crippen molar-refractivity contribution in [2.75, 3.05) is 6.54 Å². The first kappa shape index (κ1) is 17.8. The second kappa shape index (κ2) is 14.9. The number of hydrogen-bond acceptors (Lipinski definition) is 4. The number of rotatable bonds is 13. The van der Waals surface area contributed by atoms with E-state index in [0.29, 0.717) is 13.0 Å². The SMILES string of the molecule is O=C=NCCCCCCCCCCCCC(=O)NO. The normalized spacial score (nSPS) is 9.95. The molecule has 0 aliphatic rings. The molecule has 0 aliphatic heterocycles. The molecule has 0 radical (unpaired) electrons. The number of hydroxylamine groups is 1. The molecule has 5 heteroatoms. The highest BCUT2D eigenvalue weighted by Crippen LogP contribution is 2.11. The Kier molecular flexibility index (Phi) is 13.9. The first-order valence-electron chi connectivity index (χ1n) is 7.28. The van der Waals surface area contributed by atoms with E-state index in [1.807, 2.05) is 0 Å². The van der Waals surface area contributed by atoms with E-state index in [9.17, 15) is 9.59 Å². The second-order valence-corrected chi connectivity index (χ2v) is 4.79. The third-order valence-electron chi connectivity index (χ3n) is 3.11. The van der Waals surface area contributed by atoms with E-state index in [1.54, 1.807) is 11.6 Å². The lowest BCUT2D eigenvalue weighted by Crippen LogP contribution is -2.17. The molecule has 110 valence electrons. The fourth-order valence-electron chi connectivity index (χ4n) is 1.99. The summed E-state index contributed by atoms with van der Waals surface area (Å²) in [5.74, 6) is -0.293. The smallest absolute Gasteiger partial charge is 0.243 e. The fourth-order valence-corrected chi connectivity index (χ4v) is 1.99. The van der Waals surface area contributed by atoms with E-state index in [4.69, 9.17) is 5.21 Å². The summed E-state index contributed by atoms with van der Waals surface area (Å²) in [5.41, 5.74) is 1.64. The summed E-state index contributed by atoms with van der Waals surface area (Å²) in [6.45, 7) is 0.616. The predicted molar refractivity (Wildman–Crippen MR) is 73.7 cm³/mol. The molecule has 0 atom stereocenters. The maximum Gasteiger partial charge on any atom is 0.243 e. The van der Waals surface area contributed by atoms with Crippen molar-refractivity contribution >= 4 is 12.0 Å². The molecule has 0 rings (SSSR count). The third kappa shape index (κ3) is 14.8. The average molecular weight is 270 g/mol. The summed E-state index contributed by atoms with van der Waals surface area (Å²) in [6.07, 6.45) is 13.3. The van der Waals surface area contributed by atoms with Gasteiger partial charge in [-0.25, -0.2) is 15.3 Å². The van der Waals surface area contributed by atoms with Gasteiger partial charge in [-0.1, -0.05) is 51.4 Å². The van der Waals surface area contributed by atoms with Crippen molar-refractivity contribution in [1.29, 1.82) is 0 Å². The Labute approximate surface area is 115 Å². The van der Waals surface area contributed by atoms with E-state index < -0.39 is 0 Å². The molecule has 0 spiro atoms. The van der Waals surface area contributed by atoms with E-state index in [-0.39, 0.29) is 5.91 Å². The average Bonchev–Trinajstić information content (AvgIpc) is 2.43. The Morgan fingerprint density at radius 1 is 0.895 bits per heavy atom. The minimum absolute atomic E-state index is 0.293. The number of amides is 1. The lowest BCUT2D eigenvalue weighted by molar-refractivity contribution is -0.129. The Hall–Kier alpha value is -1.19. The van der Waals surface area contributed by atoms with Gasteiger partial charge in [0.1, 0.15) is 0 Å². The minimum Gasteiger partial charge on any atom is -0.289 e.